The number of halogens is 3. The standard InChI is InChI=1S/C21H22F3N/c1-16-4-2-5-17(14-16)8-11-25-12-9-18(10-13-25)19-6-3-7-20(15-19)21(22,23)24/h2-7,9,14-15H,8,10-13H2,1H3. The SMILES string of the molecule is Cc1cccc(CCN2CC=C(c3cccc(C(F)(F)F)c3)CC2)c1. The van der Waals surface area contributed by atoms with E-state index < -0.39 is 11.7 Å². The molecule has 25 heavy (non-hydrogen) atoms. The summed E-state index contributed by atoms with van der Waals surface area (Å²) < 4.78 is 38.6. The van der Waals surface area contributed by atoms with Gasteiger partial charge in [0.2, 0.25) is 0 Å². The van der Waals surface area contributed by atoms with E-state index in [9.17, 15) is 13.2 Å². The molecule has 4 heteroatoms. The van der Waals surface area contributed by atoms with Crippen LogP contribution in [-0.2, 0) is 12.6 Å². The first kappa shape index (κ1) is 17.7. The first-order chi connectivity index (χ1) is 11.9. The van der Waals surface area contributed by atoms with Crippen molar-refractivity contribution in [2.24, 2.45) is 0 Å². The van der Waals surface area contributed by atoms with Gasteiger partial charge >= 0.3 is 6.18 Å². The average Bonchev–Trinajstić information content (AvgIpc) is 2.60. The van der Waals surface area contributed by atoms with Crippen molar-refractivity contribution in [2.75, 3.05) is 19.6 Å². The molecule has 2 aromatic rings. The van der Waals surface area contributed by atoms with Gasteiger partial charge < -0.3 is 0 Å². The van der Waals surface area contributed by atoms with Crippen LogP contribution in [0.3, 0.4) is 0 Å². The van der Waals surface area contributed by atoms with Crippen molar-refractivity contribution in [1.82, 2.24) is 4.90 Å². The molecule has 1 heterocycles. The molecule has 0 radical (unpaired) electrons. The van der Waals surface area contributed by atoms with Crippen LogP contribution in [0.1, 0.15) is 28.7 Å². The molecule has 1 aliphatic rings. The van der Waals surface area contributed by atoms with Gasteiger partial charge in [-0.05, 0) is 48.6 Å². The summed E-state index contributed by atoms with van der Waals surface area (Å²) >= 11 is 0. The van der Waals surface area contributed by atoms with Gasteiger partial charge in [-0.25, -0.2) is 0 Å². The summed E-state index contributed by atoms with van der Waals surface area (Å²) in [5.41, 5.74) is 3.72. The van der Waals surface area contributed by atoms with E-state index in [1.54, 1.807) is 6.07 Å². The first-order valence-corrected chi connectivity index (χ1v) is 8.56. The molecule has 0 N–H and O–H groups in total. The van der Waals surface area contributed by atoms with Gasteiger partial charge in [0, 0.05) is 19.6 Å². The second-order valence-corrected chi connectivity index (χ2v) is 6.60. The second-order valence-electron chi connectivity index (χ2n) is 6.60. The van der Waals surface area contributed by atoms with Crippen molar-refractivity contribution in [3.05, 3.63) is 76.9 Å². The predicted molar refractivity (Wildman–Crippen MR) is 95.4 cm³/mol. The van der Waals surface area contributed by atoms with Gasteiger partial charge in [0.15, 0.2) is 0 Å². The summed E-state index contributed by atoms with van der Waals surface area (Å²) in [4.78, 5) is 2.35. The molecule has 0 unspecified atom stereocenters. The average molecular weight is 345 g/mol. The van der Waals surface area contributed by atoms with E-state index in [1.807, 2.05) is 0 Å². The van der Waals surface area contributed by atoms with Crippen LogP contribution in [0.15, 0.2) is 54.6 Å². The molecule has 2 aromatic carbocycles. The Morgan fingerprint density at radius 2 is 1.84 bits per heavy atom. The van der Waals surface area contributed by atoms with Crippen LogP contribution in [0.5, 0.6) is 0 Å². The maximum atomic E-state index is 12.9. The van der Waals surface area contributed by atoms with E-state index in [0.717, 1.165) is 44.1 Å². The number of rotatable bonds is 4. The van der Waals surface area contributed by atoms with Gasteiger partial charge in [-0.2, -0.15) is 13.2 Å². The topological polar surface area (TPSA) is 3.24 Å². The van der Waals surface area contributed by atoms with E-state index in [-0.39, 0.29) is 0 Å². The van der Waals surface area contributed by atoms with E-state index in [4.69, 9.17) is 0 Å². The van der Waals surface area contributed by atoms with Crippen LogP contribution < -0.4 is 0 Å². The highest BCUT2D eigenvalue weighted by Crippen LogP contribution is 2.32. The summed E-state index contributed by atoms with van der Waals surface area (Å²) in [5, 5.41) is 0. The monoisotopic (exact) mass is 345 g/mol. The number of benzene rings is 2. The van der Waals surface area contributed by atoms with Gasteiger partial charge in [0.1, 0.15) is 0 Å². The Morgan fingerprint density at radius 3 is 2.52 bits per heavy atom. The lowest BCUT2D eigenvalue weighted by atomic mass is 9.97. The van der Waals surface area contributed by atoms with Crippen molar-refractivity contribution in [1.29, 1.82) is 0 Å². The van der Waals surface area contributed by atoms with Crippen molar-refractivity contribution >= 4 is 5.57 Å². The van der Waals surface area contributed by atoms with E-state index in [0.29, 0.717) is 5.56 Å². The molecular weight excluding hydrogens is 323 g/mol. The number of nitrogens with zero attached hydrogens (tertiary/aromatic N) is 1. The van der Waals surface area contributed by atoms with Crippen LogP contribution in [0.4, 0.5) is 13.2 Å². The maximum absolute atomic E-state index is 12.9. The summed E-state index contributed by atoms with van der Waals surface area (Å²) in [6.45, 7) is 4.73. The molecule has 0 aromatic heterocycles. The molecule has 0 spiro atoms. The number of hydrogen-bond donors (Lipinski definition) is 0. The zero-order valence-electron chi connectivity index (χ0n) is 14.3. The molecule has 0 amide bonds. The fourth-order valence-corrected chi connectivity index (χ4v) is 3.23. The highest BCUT2D eigenvalue weighted by atomic mass is 19.4. The molecule has 0 atom stereocenters. The third kappa shape index (κ3) is 4.73. The fraction of sp³-hybridized carbons (Fsp3) is 0.333. The number of aryl methyl sites for hydroxylation is 1. The quantitative estimate of drug-likeness (QED) is 0.722. The molecular formula is C21H22F3N. The van der Waals surface area contributed by atoms with E-state index in [2.05, 4.69) is 42.2 Å². The minimum absolute atomic E-state index is 0.576. The molecule has 0 bridgehead atoms. The maximum Gasteiger partial charge on any atom is 0.416 e. The van der Waals surface area contributed by atoms with Crippen molar-refractivity contribution in [3.63, 3.8) is 0 Å². The second kappa shape index (κ2) is 7.44. The highest BCUT2D eigenvalue weighted by Gasteiger charge is 2.30. The van der Waals surface area contributed by atoms with Crippen LogP contribution >= 0.6 is 0 Å². The number of hydrogen-bond acceptors (Lipinski definition) is 1. The first-order valence-electron chi connectivity index (χ1n) is 8.56. The largest absolute Gasteiger partial charge is 0.416 e. The summed E-state index contributed by atoms with van der Waals surface area (Å²) in [6, 6.07) is 14.2. The summed E-state index contributed by atoms with van der Waals surface area (Å²) in [5.74, 6) is 0. The number of alkyl halides is 3. The van der Waals surface area contributed by atoms with Crippen LogP contribution in [0, 0.1) is 6.92 Å². The van der Waals surface area contributed by atoms with Crippen molar-refractivity contribution < 1.29 is 13.2 Å². The normalized spacial score (nSPS) is 15.9. The Labute approximate surface area is 146 Å². The van der Waals surface area contributed by atoms with Gasteiger partial charge in [-0.3, -0.25) is 4.90 Å². The van der Waals surface area contributed by atoms with Gasteiger partial charge in [-0.15, -0.1) is 0 Å². The Morgan fingerprint density at radius 1 is 1.04 bits per heavy atom. The molecule has 0 saturated carbocycles. The van der Waals surface area contributed by atoms with Gasteiger partial charge in [-0.1, -0.05) is 48.0 Å². The van der Waals surface area contributed by atoms with Crippen LogP contribution in [0.2, 0.25) is 0 Å². The predicted octanol–water partition coefficient (Wildman–Crippen LogP) is 5.35. The Hall–Kier alpha value is -2.07. The molecule has 132 valence electrons. The Kier molecular flexibility index (Phi) is 5.28. The highest BCUT2D eigenvalue weighted by molar-refractivity contribution is 5.67. The minimum atomic E-state index is -4.29. The van der Waals surface area contributed by atoms with Crippen LogP contribution in [-0.4, -0.2) is 24.5 Å². The molecule has 0 aliphatic carbocycles. The van der Waals surface area contributed by atoms with Gasteiger partial charge in [0.25, 0.3) is 0 Å². The zero-order chi connectivity index (χ0) is 17.9. The third-order valence-corrected chi connectivity index (χ3v) is 4.65. The Balaban J connectivity index is 1.61. The van der Waals surface area contributed by atoms with Gasteiger partial charge in [0.05, 0.1) is 5.56 Å². The molecule has 0 fully saturated rings. The van der Waals surface area contributed by atoms with Crippen LogP contribution in [0.25, 0.3) is 5.57 Å². The van der Waals surface area contributed by atoms with E-state index >= 15 is 0 Å². The van der Waals surface area contributed by atoms with Crippen molar-refractivity contribution in [2.45, 2.75) is 25.9 Å². The minimum Gasteiger partial charge on any atom is -0.299 e. The smallest absolute Gasteiger partial charge is 0.299 e. The summed E-state index contributed by atoms with van der Waals surface area (Å²) in [7, 11) is 0. The fourth-order valence-electron chi connectivity index (χ4n) is 3.23. The molecule has 1 nitrogen and oxygen atoms in total. The van der Waals surface area contributed by atoms with Crippen molar-refractivity contribution in [3.8, 4) is 0 Å². The lowest BCUT2D eigenvalue weighted by molar-refractivity contribution is -0.137. The zero-order valence-corrected chi connectivity index (χ0v) is 14.3. The lowest BCUT2D eigenvalue weighted by Crippen LogP contribution is -2.30. The third-order valence-electron chi connectivity index (χ3n) is 4.65. The molecule has 0 saturated heterocycles. The molecule has 3 rings (SSSR count). The van der Waals surface area contributed by atoms with E-state index in [1.165, 1.54) is 23.3 Å². The lowest BCUT2D eigenvalue weighted by Gasteiger charge is -2.26. The molecule has 1 aliphatic heterocycles. The summed E-state index contributed by atoms with van der Waals surface area (Å²) in [6.07, 6.45) is -0.441. The Bertz CT molecular complexity index is 762.